The molecule has 0 saturated heterocycles. The van der Waals surface area contributed by atoms with Crippen molar-refractivity contribution in [3.63, 3.8) is 0 Å². The summed E-state index contributed by atoms with van der Waals surface area (Å²) in [6.45, 7) is 5.12. The third kappa shape index (κ3) is 2.18. The highest BCUT2D eigenvalue weighted by Gasteiger charge is 2.61. The monoisotopic (exact) mass is 287 g/mol. The fourth-order valence-electron chi connectivity index (χ4n) is 7.18. The Bertz CT molecular complexity index is 502. The molecule has 4 aliphatic rings. The van der Waals surface area contributed by atoms with Gasteiger partial charge in [0.25, 0.3) is 0 Å². The molecule has 2 nitrogen and oxygen atoms in total. The second-order valence-corrected chi connectivity index (χ2v) is 9.12. The van der Waals surface area contributed by atoms with Crippen LogP contribution in [0.5, 0.6) is 0 Å². The molecule has 4 saturated carbocycles. The quantitative estimate of drug-likeness (QED) is 0.887. The maximum absolute atomic E-state index is 5.64. The van der Waals surface area contributed by atoms with Gasteiger partial charge in [-0.2, -0.15) is 0 Å². The number of rotatable bonds is 4. The molecular weight excluding hydrogens is 258 g/mol. The Balaban J connectivity index is 1.66. The molecular formula is C19H29NO. The van der Waals surface area contributed by atoms with Crippen molar-refractivity contribution in [2.24, 2.45) is 22.2 Å². The average molecular weight is 287 g/mol. The summed E-state index contributed by atoms with van der Waals surface area (Å²) < 4.78 is 5.64. The fraction of sp³-hybridized carbons (Fsp3) is 0.789. The smallest absolute Gasteiger partial charge is 0.105 e. The minimum atomic E-state index is 0.491. The molecule has 21 heavy (non-hydrogen) atoms. The lowest BCUT2D eigenvalue weighted by Crippen LogP contribution is -2.61. The molecule has 1 aromatic heterocycles. The van der Waals surface area contributed by atoms with Crippen LogP contribution in [0.2, 0.25) is 0 Å². The summed E-state index contributed by atoms with van der Waals surface area (Å²) in [5, 5.41) is 3.67. The van der Waals surface area contributed by atoms with Crippen LogP contribution in [0.15, 0.2) is 22.8 Å². The van der Waals surface area contributed by atoms with E-state index in [9.17, 15) is 0 Å². The Morgan fingerprint density at radius 1 is 1.19 bits per heavy atom. The Morgan fingerprint density at radius 2 is 1.90 bits per heavy atom. The van der Waals surface area contributed by atoms with Crippen molar-refractivity contribution in [1.82, 2.24) is 5.32 Å². The maximum Gasteiger partial charge on any atom is 0.105 e. The van der Waals surface area contributed by atoms with E-state index in [0.717, 1.165) is 18.1 Å². The number of nitrogens with one attached hydrogen (secondary N) is 1. The lowest BCUT2D eigenvalue weighted by molar-refractivity contribution is -0.157. The first-order chi connectivity index (χ1) is 9.94. The van der Waals surface area contributed by atoms with Crippen molar-refractivity contribution in [2.45, 2.75) is 64.8 Å². The highest BCUT2D eigenvalue weighted by molar-refractivity contribution is 5.15. The van der Waals surface area contributed by atoms with Gasteiger partial charge in [-0.3, -0.25) is 0 Å². The van der Waals surface area contributed by atoms with Crippen LogP contribution in [0.25, 0.3) is 0 Å². The Kier molecular flexibility index (Phi) is 2.89. The van der Waals surface area contributed by atoms with Crippen LogP contribution in [0.3, 0.4) is 0 Å². The highest BCUT2D eigenvalue weighted by Crippen LogP contribution is 2.70. The lowest BCUT2D eigenvalue weighted by Gasteiger charge is -2.67. The first-order valence-corrected chi connectivity index (χ1v) is 8.64. The van der Waals surface area contributed by atoms with Crippen molar-refractivity contribution in [1.29, 1.82) is 0 Å². The van der Waals surface area contributed by atoms with E-state index in [1.54, 1.807) is 0 Å². The van der Waals surface area contributed by atoms with Gasteiger partial charge in [0.15, 0.2) is 0 Å². The van der Waals surface area contributed by atoms with Crippen LogP contribution in [-0.4, -0.2) is 13.1 Å². The summed E-state index contributed by atoms with van der Waals surface area (Å²) in [6, 6.07) is 4.71. The molecule has 4 aliphatic carbocycles. The molecule has 4 bridgehead atoms. The van der Waals surface area contributed by atoms with E-state index in [2.05, 4.69) is 32.3 Å². The van der Waals surface area contributed by atoms with Crippen molar-refractivity contribution in [3.05, 3.63) is 24.2 Å². The van der Waals surface area contributed by atoms with Gasteiger partial charge in [0.05, 0.1) is 6.26 Å². The van der Waals surface area contributed by atoms with Gasteiger partial charge in [-0.05, 0) is 79.9 Å². The molecule has 116 valence electrons. The number of furan rings is 1. The molecule has 5 rings (SSSR count). The summed E-state index contributed by atoms with van der Waals surface area (Å²) >= 11 is 0. The number of likely N-dealkylation sites (N-methyl/N-ethyl adjacent to an activating group) is 1. The molecule has 3 unspecified atom stereocenters. The van der Waals surface area contributed by atoms with Crippen LogP contribution in [-0.2, 0) is 6.42 Å². The largest absolute Gasteiger partial charge is 0.469 e. The van der Waals surface area contributed by atoms with Crippen LogP contribution in [0.4, 0.5) is 0 Å². The second-order valence-electron chi connectivity index (χ2n) is 9.12. The van der Waals surface area contributed by atoms with Gasteiger partial charge in [0, 0.05) is 12.5 Å². The number of hydrogen-bond acceptors (Lipinski definition) is 2. The van der Waals surface area contributed by atoms with Gasteiger partial charge < -0.3 is 9.73 Å². The zero-order chi connectivity index (χ0) is 14.7. The van der Waals surface area contributed by atoms with Crippen LogP contribution < -0.4 is 5.32 Å². The Hall–Kier alpha value is -0.760. The summed E-state index contributed by atoms with van der Waals surface area (Å²) in [5.41, 5.74) is 1.67. The SMILES string of the molecule is CNC(Cc1ccco1)C12CC3CC(C)(CC(C)(C3)C1)C2. The van der Waals surface area contributed by atoms with Crippen LogP contribution >= 0.6 is 0 Å². The molecule has 1 heterocycles. The zero-order valence-electron chi connectivity index (χ0n) is 13.7. The summed E-state index contributed by atoms with van der Waals surface area (Å²) in [7, 11) is 2.15. The average Bonchev–Trinajstić information content (AvgIpc) is 2.83. The minimum absolute atomic E-state index is 0.491. The van der Waals surface area contributed by atoms with Gasteiger partial charge in [-0.15, -0.1) is 0 Å². The fourth-order valence-corrected chi connectivity index (χ4v) is 7.18. The van der Waals surface area contributed by atoms with E-state index < -0.39 is 0 Å². The summed E-state index contributed by atoms with van der Waals surface area (Å²) in [5.74, 6) is 2.10. The molecule has 1 aromatic rings. The maximum atomic E-state index is 5.64. The molecule has 0 aromatic carbocycles. The highest BCUT2D eigenvalue weighted by atomic mass is 16.3. The van der Waals surface area contributed by atoms with E-state index in [0.29, 0.717) is 22.3 Å². The van der Waals surface area contributed by atoms with Gasteiger partial charge in [0.2, 0.25) is 0 Å². The molecule has 2 heteroatoms. The van der Waals surface area contributed by atoms with Gasteiger partial charge in [-0.1, -0.05) is 13.8 Å². The molecule has 3 atom stereocenters. The van der Waals surface area contributed by atoms with E-state index in [1.807, 2.05) is 12.3 Å². The van der Waals surface area contributed by atoms with Crippen molar-refractivity contribution < 1.29 is 4.42 Å². The minimum Gasteiger partial charge on any atom is -0.469 e. The van der Waals surface area contributed by atoms with Gasteiger partial charge in [-0.25, -0.2) is 0 Å². The molecule has 0 spiro atoms. The first-order valence-electron chi connectivity index (χ1n) is 8.64. The van der Waals surface area contributed by atoms with E-state index >= 15 is 0 Å². The lowest BCUT2D eigenvalue weighted by atomic mass is 9.39. The van der Waals surface area contributed by atoms with E-state index in [4.69, 9.17) is 4.42 Å². The van der Waals surface area contributed by atoms with E-state index in [-0.39, 0.29) is 0 Å². The van der Waals surface area contributed by atoms with Gasteiger partial charge in [0.1, 0.15) is 5.76 Å². The second kappa shape index (κ2) is 4.38. The Labute approximate surface area is 128 Å². The zero-order valence-corrected chi connectivity index (χ0v) is 13.7. The molecule has 0 aliphatic heterocycles. The van der Waals surface area contributed by atoms with Crippen LogP contribution in [0.1, 0.15) is 58.1 Å². The standard InChI is InChI=1S/C19H29NO/c1-17-8-14-9-18(2,11-17)13-19(10-14,12-17)16(20-3)7-15-5-4-6-21-15/h4-6,14,16,20H,7-13H2,1-3H3. The van der Waals surface area contributed by atoms with Crippen LogP contribution in [0, 0.1) is 22.2 Å². The van der Waals surface area contributed by atoms with Gasteiger partial charge >= 0.3 is 0 Å². The number of hydrogen-bond donors (Lipinski definition) is 1. The molecule has 0 radical (unpaired) electrons. The van der Waals surface area contributed by atoms with Crippen molar-refractivity contribution >= 4 is 0 Å². The van der Waals surface area contributed by atoms with Crippen molar-refractivity contribution in [3.8, 4) is 0 Å². The molecule has 1 N–H and O–H groups in total. The Morgan fingerprint density at radius 3 is 2.43 bits per heavy atom. The molecule has 4 fully saturated rings. The first kappa shape index (κ1) is 13.9. The normalized spacial score (nSPS) is 46.0. The van der Waals surface area contributed by atoms with E-state index in [1.165, 1.54) is 38.5 Å². The topological polar surface area (TPSA) is 25.2 Å². The summed E-state index contributed by atoms with van der Waals surface area (Å²) in [6.07, 6.45) is 11.5. The predicted molar refractivity (Wildman–Crippen MR) is 85.1 cm³/mol. The third-order valence-corrected chi connectivity index (χ3v) is 6.74. The predicted octanol–water partition coefficient (Wildman–Crippen LogP) is 4.41. The molecule has 0 amide bonds. The third-order valence-electron chi connectivity index (χ3n) is 6.74. The summed E-state index contributed by atoms with van der Waals surface area (Å²) in [4.78, 5) is 0. The van der Waals surface area contributed by atoms with Crippen molar-refractivity contribution in [2.75, 3.05) is 7.05 Å².